The summed E-state index contributed by atoms with van der Waals surface area (Å²) in [6.45, 7) is 9.82. The average Bonchev–Trinajstić information content (AvgIpc) is 2.19. The minimum atomic E-state index is 0.531. The maximum absolute atomic E-state index is 3.55. The summed E-state index contributed by atoms with van der Waals surface area (Å²) >= 11 is 0. The van der Waals surface area contributed by atoms with Crippen LogP contribution in [0.3, 0.4) is 0 Å². The van der Waals surface area contributed by atoms with Gasteiger partial charge in [0.25, 0.3) is 0 Å². The predicted molar refractivity (Wildman–Crippen MR) is 65.9 cm³/mol. The molecule has 1 N–H and O–H groups in total. The molecule has 2 aliphatic rings. The Morgan fingerprint density at radius 2 is 1.67 bits per heavy atom. The first kappa shape index (κ1) is 11.4. The van der Waals surface area contributed by atoms with Gasteiger partial charge in [-0.25, -0.2) is 0 Å². The van der Waals surface area contributed by atoms with Crippen molar-refractivity contribution in [2.45, 2.75) is 52.9 Å². The van der Waals surface area contributed by atoms with Crippen molar-refractivity contribution < 1.29 is 0 Å². The van der Waals surface area contributed by atoms with Crippen LogP contribution in [0.4, 0.5) is 0 Å². The summed E-state index contributed by atoms with van der Waals surface area (Å²) in [6.07, 6.45) is 7.35. The first-order chi connectivity index (χ1) is 7.09. The third-order valence-corrected chi connectivity index (χ3v) is 4.85. The Bertz CT molecular complexity index is 201. The Kier molecular flexibility index (Phi) is 3.39. The van der Waals surface area contributed by atoms with Crippen molar-refractivity contribution in [2.75, 3.05) is 13.1 Å². The van der Waals surface area contributed by atoms with Crippen molar-refractivity contribution in [2.24, 2.45) is 23.2 Å². The molecule has 0 bridgehead atoms. The second-order valence-electron chi connectivity index (χ2n) is 6.58. The number of piperidine rings is 1. The van der Waals surface area contributed by atoms with Gasteiger partial charge in [0.2, 0.25) is 0 Å². The standard InChI is InChI=1S/C14H27N/c1-11-4-6-12(7-5-11)13-8-9-15-10-14(13,2)3/h11-13,15H,4-10H2,1-3H3/t11?,12?,13-/m1/s1. The van der Waals surface area contributed by atoms with Crippen LogP contribution >= 0.6 is 0 Å². The SMILES string of the molecule is CC1CCC([C@H]2CCNCC2(C)C)CC1. The third kappa shape index (κ3) is 2.55. The van der Waals surface area contributed by atoms with Gasteiger partial charge < -0.3 is 5.32 Å². The molecule has 88 valence electrons. The van der Waals surface area contributed by atoms with Crippen LogP contribution in [0.5, 0.6) is 0 Å². The van der Waals surface area contributed by atoms with Gasteiger partial charge in [-0.1, -0.05) is 33.6 Å². The van der Waals surface area contributed by atoms with Gasteiger partial charge in [-0.3, -0.25) is 0 Å². The van der Waals surface area contributed by atoms with Crippen molar-refractivity contribution in [1.29, 1.82) is 0 Å². The number of nitrogens with one attached hydrogen (secondary N) is 1. The quantitative estimate of drug-likeness (QED) is 0.697. The van der Waals surface area contributed by atoms with Crippen molar-refractivity contribution in [3.8, 4) is 0 Å². The van der Waals surface area contributed by atoms with Gasteiger partial charge >= 0.3 is 0 Å². The van der Waals surface area contributed by atoms with E-state index in [1.165, 1.54) is 45.2 Å². The Hall–Kier alpha value is -0.0400. The Balaban J connectivity index is 1.96. The molecule has 1 saturated carbocycles. The maximum Gasteiger partial charge on any atom is 0.000528 e. The van der Waals surface area contributed by atoms with Crippen molar-refractivity contribution >= 4 is 0 Å². The lowest BCUT2D eigenvalue weighted by Gasteiger charge is -2.45. The van der Waals surface area contributed by atoms with Gasteiger partial charge in [-0.2, -0.15) is 0 Å². The van der Waals surface area contributed by atoms with Gasteiger partial charge in [0.1, 0.15) is 0 Å². The lowest BCUT2D eigenvalue weighted by molar-refractivity contribution is 0.0665. The highest BCUT2D eigenvalue weighted by molar-refractivity contribution is 4.90. The predicted octanol–water partition coefficient (Wildman–Crippen LogP) is 3.45. The third-order valence-electron chi connectivity index (χ3n) is 4.85. The van der Waals surface area contributed by atoms with E-state index in [9.17, 15) is 0 Å². The zero-order valence-electron chi connectivity index (χ0n) is 10.7. The van der Waals surface area contributed by atoms with E-state index in [4.69, 9.17) is 0 Å². The fourth-order valence-electron chi connectivity index (χ4n) is 3.75. The molecule has 1 nitrogen and oxygen atoms in total. The average molecular weight is 209 g/mol. The lowest BCUT2D eigenvalue weighted by Crippen LogP contribution is -2.46. The molecule has 0 aromatic heterocycles. The summed E-state index contributed by atoms with van der Waals surface area (Å²) in [7, 11) is 0. The first-order valence-corrected chi connectivity index (χ1v) is 6.80. The van der Waals surface area contributed by atoms with Crippen LogP contribution < -0.4 is 5.32 Å². The van der Waals surface area contributed by atoms with Crippen LogP contribution in [0, 0.1) is 23.2 Å². The molecule has 0 unspecified atom stereocenters. The van der Waals surface area contributed by atoms with Crippen molar-refractivity contribution in [3.05, 3.63) is 0 Å². The van der Waals surface area contributed by atoms with Gasteiger partial charge in [0.05, 0.1) is 0 Å². The normalized spacial score (nSPS) is 41.4. The van der Waals surface area contributed by atoms with E-state index in [1.54, 1.807) is 0 Å². The molecule has 0 spiro atoms. The van der Waals surface area contributed by atoms with E-state index in [0.29, 0.717) is 5.41 Å². The molecule has 0 aromatic rings. The summed E-state index contributed by atoms with van der Waals surface area (Å²) in [4.78, 5) is 0. The lowest BCUT2D eigenvalue weighted by atomic mass is 9.63. The summed E-state index contributed by atoms with van der Waals surface area (Å²) in [6, 6.07) is 0. The molecule has 0 aromatic carbocycles. The zero-order valence-corrected chi connectivity index (χ0v) is 10.7. The van der Waals surface area contributed by atoms with E-state index < -0.39 is 0 Å². The van der Waals surface area contributed by atoms with Crippen LogP contribution in [-0.4, -0.2) is 13.1 Å². The van der Waals surface area contributed by atoms with Crippen LogP contribution in [0.15, 0.2) is 0 Å². The molecule has 15 heavy (non-hydrogen) atoms. The smallest absolute Gasteiger partial charge is 0.000528 e. The summed E-state index contributed by atoms with van der Waals surface area (Å²) in [5.74, 6) is 3.00. The van der Waals surface area contributed by atoms with Crippen molar-refractivity contribution in [3.63, 3.8) is 0 Å². The summed E-state index contributed by atoms with van der Waals surface area (Å²) in [5, 5.41) is 3.55. The van der Waals surface area contributed by atoms with Crippen LogP contribution in [-0.2, 0) is 0 Å². The first-order valence-electron chi connectivity index (χ1n) is 6.80. The molecule has 1 atom stereocenters. The highest BCUT2D eigenvalue weighted by Gasteiger charge is 2.38. The molecule has 1 aliphatic heterocycles. The molecule has 1 saturated heterocycles. The molecule has 1 aliphatic carbocycles. The fraction of sp³-hybridized carbons (Fsp3) is 1.00. The summed E-state index contributed by atoms with van der Waals surface area (Å²) in [5.41, 5.74) is 0.531. The minimum Gasteiger partial charge on any atom is -0.316 e. The molecule has 0 amide bonds. The molecular formula is C14H27N. The maximum atomic E-state index is 3.55. The second kappa shape index (κ2) is 4.45. The number of rotatable bonds is 1. The Morgan fingerprint density at radius 3 is 2.27 bits per heavy atom. The van der Waals surface area contributed by atoms with Gasteiger partial charge in [-0.15, -0.1) is 0 Å². The minimum absolute atomic E-state index is 0.531. The molecular weight excluding hydrogens is 182 g/mol. The highest BCUT2D eigenvalue weighted by Crippen LogP contribution is 2.44. The van der Waals surface area contributed by atoms with Crippen LogP contribution in [0.25, 0.3) is 0 Å². The van der Waals surface area contributed by atoms with E-state index in [2.05, 4.69) is 26.1 Å². The fourth-order valence-corrected chi connectivity index (χ4v) is 3.75. The van der Waals surface area contributed by atoms with Crippen LogP contribution in [0.1, 0.15) is 52.9 Å². The van der Waals surface area contributed by atoms with Gasteiger partial charge in [-0.05, 0) is 49.0 Å². The molecule has 1 heterocycles. The monoisotopic (exact) mass is 209 g/mol. The molecule has 2 fully saturated rings. The second-order valence-corrected chi connectivity index (χ2v) is 6.58. The van der Waals surface area contributed by atoms with E-state index in [1.807, 2.05) is 0 Å². The van der Waals surface area contributed by atoms with Crippen LogP contribution in [0.2, 0.25) is 0 Å². The Morgan fingerprint density at radius 1 is 1.00 bits per heavy atom. The largest absolute Gasteiger partial charge is 0.316 e. The van der Waals surface area contributed by atoms with Gasteiger partial charge in [0.15, 0.2) is 0 Å². The molecule has 0 radical (unpaired) electrons. The number of hydrogen-bond acceptors (Lipinski definition) is 1. The van der Waals surface area contributed by atoms with E-state index >= 15 is 0 Å². The number of hydrogen-bond donors (Lipinski definition) is 1. The topological polar surface area (TPSA) is 12.0 Å². The van der Waals surface area contributed by atoms with E-state index in [0.717, 1.165) is 17.8 Å². The molecule has 1 heteroatoms. The Labute approximate surface area is 95.0 Å². The van der Waals surface area contributed by atoms with Gasteiger partial charge in [0, 0.05) is 6.54 Å². The van der Waals surface area contributed by atoms with Crippen molar-refractivity contribution in [1.82, 2.24) is 5.32 Å². The summed E-state index contributed by atoms with van der Waals surface area (Å²) < 4.78 is 0. The highest BCUT2D eigenvalue weighted by atomic mass is 14.9. The zero-order chi connectivity index (χ0) is 10.9. The van der Waals surface area contributed by atoms with E-state index in [-0.39, 0.29) is 0 Å². The molecule has 2 rings (SSSR count).